The normalized spacial score (nSPS) is 11.6. The largest absolute Gasteiger partial charge is 0.465 e. The molecule has 1 atom stereocenters. The standard InChI is InChI=1S/C13H16N2O2/c1-3-17-13(16)12(15-2)8-10-4-6-11(9-14)7-5-10/h4-7,12,15H,3,8H2,1-2H3. The molecule has 0 aromatic heterocycles. The molecule has 0 saturated heterocycles. The highest BCUT2D eigenvalue weighted by Crippen LogP contribution is 2.07. The van der Waals surface area contributed by atoms with Crippen molar-refractivity contribution in [3.63, 3.8) is 0 Å². The Bertz CT molecular complexity index is 406. The summed E-state index contributed by atoms with van der Waals surface area (Å²) in [6, 6.07) is 8.90. The molecule has 0 amide bonds. The predicted molar refractivity (Wildman–Crippen MR) is 64.3 cm³/mol. The number of carbonyl (C=O) groups is 1. The maximum absolute atomic E-state index is 11.6. The van der Waals surface area contributed by atoms with E-state index >= 15 is 0 Å². The van der Waals surface area contributed by atoms with Crippen LogP contribution in [0.2, 0.25) is 0 Å². The summed E-state index contributed by atoms with van der Waals surface area (Å²) in [4.78, 5) is 11.6. The van der Waals surface area contributed by atoms with Crippen LogP contribution in [0.4, 0.5) is 0 Å². The molecule has 0 aliphatic rings. The van der Waals surface area contributed by atoms with Gasteiger partial charge in [0.05, 0.1) is 18.2 Å². The highest BCUT2D eigenvalue weighted by molar-refractivity contribution is 5.76. The van der Waals surface area contributed by atoms with Gasteiger partial charge in [-0.05, 0) is 38.1 Å². The predicted octanol–water partition coefficient (Wildman–Crippen LogP) is 1.25. The van der Waals surface area contributed by atoms with Gasteiger partial charge in [-0.3, -0.25) is 4.79 Å². The van der Waals surface area contributed by atoms with Crippen LogP contribution in [0.25, 0.3) is 0 Å². The lowest BCUT2D eigenvalue weighted by Gasteiger charge is -2.14. The van der Waals surface area contributed by atoms with Gasteiger partial charge < -0.3 is 10.1 Å². The van der Waals surface area contributed by atoms with Crippen LogP contribution < -0.4 is 5.32 Å². The fourth-order valence-corrected chi connectivity index (χ4v) is 1.50. The molecule has 0 saturated carbocycles. The number of rotatable bonds is 5. The number of hydrogen-bond acceptors (Lipinski definition) is 4. The van der Waals surface area contributed by atoms with Crippen molar-refractivity contribution >= 4 is 5.97 Å². The first kappa shape index (κ1) is 13.2. The summed E-state index contributed by atoms with van der Waals surface area (Å²) in [7, 11) is 1.73. The fourth-order valence-electron chi connectivity index (χ4n) is 1.50. The number of benzene rings is 1. The van der Waals surface area contributed by atoms with Gasteiger partial charge in [0.2, 0.25) is 0 Å². The van der Waals surface area contributed by atoms with Crippen molar-refractivity contribution < 1.29 is 9.53 Å². The summed E-state index contributed by atoms with van der Waals surface area (Å²) in [6.07, 6.45) is 0.557. The molecule has 0 heterocycles. The lowest BCUT2D eigenvalue weighted by atomic mass is 10.0. The molecule has 1 aromatic carbocycles. The summed E-state index contributed by atoms with van der Waals surface area (Å²) in [6.45, 7) is 2.16. The van der Waals surface area contributed by atoms with E-state index in [2.05, 4.69) is 11.4 Å². The van der Waals surface area contributed by atoms with Crippen molar-refractivity contribution in [2.45, 2.75) is 19.4 Å². The number of carbonyl (C=O) groups excluding carboxylic acids is 1. The third-order valence-electron chi connectivity index (χ3n) is 2.44. The van der Waals surface area contributed by atoms with Crippen LogP contribution in [-0.4, -0.2) is 25.7 Å². The van der Waals surface area contributed by atoms with Crippen LogP contribution in [0.3, 0.4) is 0 Å². The third-order valence-corrected chi connectivity index (χ3v) is 2.44. The van der Waals surface area contributed by atoms with E-state index < -0.39 is 0 Å². The molecule has 1 unspecified atom stereocenters. The molecule has 1 rings (SSSR count). The van der Waals surface area contributed by atoms with Gasteiger partial charge in [0, 0.05) is 0 Å². The Balaban J connectivity index is 2.67. The highest BCUT2D eigenvalue weighted by atomic mass is 16.5. The highest BCUT2D eigenvalue weighted by Gasteiger charge is 2.17. The molecule has 0 bridgehead atoms. The van der Waals surface area contributed by atoms with Crippen LogP contribution >= 0.6 is 0 Å². The molecule has 17 heavy (non-hydrogen) atoms. The van der Waals surface area contributed by atoms with Crippen LogP contribution in [0.5, 0.6) is 0 Å². The average Bonchev–Trinajstić information content (AvgIpc) is 2.37. The minimum atomic E-state index is -0.345. The Labute approximate surface area is 101 Å². The number of esters is 1. The molecule has 0 fully saturated rings. The Hall–Kier alpha value is -1.86. The Kier molecular flexibility index (Phi) is 5.18. The zero-order valence-corrected chi connectivity index (χ0v) is 10.1. The zero-order chi connectivity index (χ0) is 12.7. The molecule has 1 N–H and O–H groups in total. The molecule has 90 valence electrons. The molecular formula is C13H16N2O2. The van der Waals surface area contributed by atoms with Crippen LogP contribution in [0.1, 0.15) is 18.1 Å². The third kappa shape index (κ3) is 3.89. The molecular weight excluding hydrogens is 216 g/mol. The van der Waals surface area contributed by atoms with E-state index in [-0.39, 0.29) is 12.0 Å². The van der Waals surface area contributed by atoms with E-state index in [1.165, 1.54) is 0 Å². The summed E-state index contributed by atoms with van der Waals surface area (Å²) in [5.74, 6) is -0.251. The first-order valence-corrected chi connectivity index (χ1v) is 5.54. The first-order chi connectivity index (χ1) is 8.21. The van der Waals surface area contributed by atoms with Crippen LogP contribution in [-0.2, 0) is 16.0 Å². The molecule has 4 heteroatoms. The minimum absolute atomic E-state index is 0.251. The lowest BCUT2D eigenvalue weighted by Crippen LogP contribution is -2.37. The van der Waals surface area contributed by atoms with Gasteiger partial charge in [-0.2, -0.15) is 5.26 Å². The SMILES string of the molecule is CCOC(=O)C(Cc1ccc(C#N)cc1)NC. The quantitative estimate of drug-likeness (QED) is 0.776. The molecule has 0 aliphatic carbocycles. The molecule has 0 radical (unpaired) electrons. The van der Waals surface area contributed by atoms with E-state index in [0.717, 1.165) is 5.56 Å². The fraction of sp³-hybridized carbons (Fsp3) is 0.385. The number of nitrogens with zero attached hydrogens (tertiary/aromatic N) is 1. The molecule has 0 spiro atoms. The number of hydrogen-bond donors (Lipinski definition) is 1. The van der Waals surface area contributed by atoms with Gasteiger partial charge in [0.15, 0.2) is 0 Å². The maximum Gasteiger partial charge on any atom is 0.323 e. The Morgan fingerprint density at radius 2 is 2.12 bits per heavy atom. The molecule has 0 aliphatic heterocycles. The number of likely N-dealkylation sites (N-methyl/N-ethyl adjacent to an activating group) is 1. The van der Waals surface area contributed by atoms with Crippen molar-refractivity contribution in [2.75, 3.05) is 13.7 Å². The number of ether oxygens (including phenoxy) is 1. The van der Waals surface area contributed by atoms with Gasteiger partial charge in [-0.25, -0.2) is 0 Å². The second-order valence-corrected chi connectivity index (χ2v) is 3.61. The van der Waals surface area contributed by atoms with Crippen molar-refractivity contribution in [3.05, 3.63) is 35.4 Å². The van der Waals surface area contributed by atoms with E-state index in [4.69, 9.17) is 10.00 Å². The Morgan fingerprint density at radius 1 is 1.47 bits per heavy atom. The van der Waals surface area contributed by atoms with E-state index in [1.807, 2.05) is 12.1 Å². The summed E-state index contributed by atoms with van der Waals surface area (Å²) < 4.78 is 4.96. The van der Waals surface area contributed by atoms with E-state index in [9.17, 15) is 4.79 Å². The summed E-state index contributed by atoms with van der Waals surface area (Å²) >= 11 is 0. The minimum Gasteiger partial charge on any atom is -0.465 e. The monoisotopic (exact) mass is 232 g/mol. The summed E-state index contributed by atoms with van der Waals surface area (Å²) in [5, 5.41) is 11.6. The average molecular weight is 232 g/mol. The topological polar surface area (TPSA) is 62.1 Å². The first-order valence-electron chi connectivity index (χ1n) is 5.54. The van der Waals surface area contributed by atoms with E-state index in [0.29, 0.717) is 18.6 Å². The second kappa shape index (κ2) is 6.66. The van der Waals surface area contributed by atoms with Crippen molar-refractivity contribution in [3.8, 4) is 6.07 Å². The Morgan fingerprint density at radius 3 is 2.59 bits per heavy atom. The van der Waals surface area contributed by atoms with Crippen LogP contribution in [0.15, 0.2) is 24.3 Å². The zero-order valence-electron chi connectivity index (χ0n) is 10.1. The van der Waals surface area contributed by atoms with Gasteiger partial charge in [0.25, 0.3) is 0 Å². The maximum atomic E-state index is 11.6. The van der Waals surface area contributed by atoms with Crippen molar-refractivity contribution in [2.24, 2.45) is 0 Å². The van der Waals surface area contributed by atoms with Crippen LogP contribution in [0, 0.1) is 11.3 Å². The molecule has 4 nitrogen and oxygen atoms in total. The smallest absolute Gasteiger partial charge is 0.323 e. The van der Waals surface area contributed by atoms with Gasteiger partial charge in [-0.1, -0.05) is 12.1 Å². The van der Waals surface area contributed by atoms with E-state index in [1.54, 1.807) is 26.1 Å². The second-order valence-electron chi connectivity index (χ2n) is 3.61. The lowest BCUT2D eigenvalue weighted by molar-refractivity contribution is -0.145. The number of nitrogens with one attached hydrogen (secondary N) is 1. The van der Waals surface area contributed by atoms with Gasteiger partial charge in [0.1, 0.15) is 6.04 Å². The van der Waals surface area contributed by atoms with Crippen molar-refractivity contribution in [1.29, 1.82) is 5.26 Å². The number of nitriles is 1. The van der Waals surface area contributed by atoms with Crippen molar-refractivity contribution in [1.82, 2.24) is 5.32 Å². The van der Waals surface area contributed by atoms with Gasteiger partial charge in [-0.15, -0.1) is 0 Å². The van der Waals surface area contributed by atoms with Gasteiger partial charge >= 0.3 is 5.97 Å². The summed E-state index contributed by atoms with van der Waals surface area (Å²) in [5.41, 5.74) is 1.61. The molecule has 1 aromatic rings.